The molecule has 0 aromatic heterocycles. The normalized spacial score (nSPS) is 29.3. The summed E-state index contributed by atoms with van der Waals surface area (Å²) in [6, 6.07) is 0. The Balaban J connectivity index is 1.51. The molecule has 1 fully saturated rings. The zero-order chi connectivity index (χ0) is 13.5. The Kier molecular flexibility index (Phi) is 6.39. The van der Waals surface area contributed by atoms with Gasteiger partial charge in [0.2, 0.25) is 0 Å². The van der Waals surface area contributed by atoms with Crippen LogP contribution in [-0.2, 0) is 4.74 Å². The van der Waals surface area contributed by atoms with Crippen molar-refractivity contribution in [1.82, 2.24) is 5.32 Å². The lowest BCUT2D eigenvalue weighted by Gasteiger charge is -2.26. The van der Waals surface area contributed by atoms with E-state index in [9.17, 15) is 0 Å². The molecular weight excluding hydrogens is 234 g/mol. The van der Waals surface area contributed by atoms with E-state index in [0.717, 1.165) is 31.5 Å². The molecule has 2 rings (SSSR count). The van der Waals surface area contributed by atoms with Crippen LogP contribution in [0.25, 0.3) is 0 Å². The Hall–Kier alpha value is -0.340. The number of ether oxygens (including phenoxy) is 1. The van der Waals surface area contributed by atoms with Gasteiger partial charge >= 0.3 is 0 Å². The third kappa shape index (κ3) is 5.66. The van der Waals surface area contributed by atoms with Crippen LogP contribution in [-0.4, -0.2) is 25.8 Å². The first kappa shape index (κ1) is 15.1. The van der Waals surface area contributed by atoms with Gasteiger partial charge in [-0.05, 0) is 51.0 Å². The van der Waals surface area contributed by atoms with Gasteiger partial charge in [-0.3, -0.25) is 0 Å². The fourth-order valence-corrected chi connectivity index (χ4v) is 3.68. The molecule has 0 aliphatic heterocycles. The van der Waals surface area contributed by atoms with Crippen molar-refractivity contribution in [3.63, 3.8) is 0 Å². The third-order valence-electron chi connectivity index (χ3n) is 4.50. The second-order valence-electron chi connectivity index (χ2n) is 6.63. The van der Waals surface area contributed by atoms with Crippen molar-refractivity contribution in [1.29, 1.82) is 0 Å². The van der Waals surface area contributed by atoms with E-state index in [0.29, 0.717) is 6.10 Å². The van der Waals surface area contributed by atoms with E-state index < -0.39 is 0 Å². The summed E-state index contributed by atoms with van der Waals surface area (Å²) in [4.78, 5) is 0. The molecule has 0 radical (unpaired) electrons. The Morgan fingerprint density at radius 1 is 1.26 bits per heavy atom. The number of allylic oxidation sites excluding steroid dienone is 2. The van der Waals surface area contributed by atoms with Crippen molar-refractivity contribution in [3.05, 3.63) is 11.6 Å². The highest BCUT2D eigenvalue weighted by Crippen LogP contribution is 2.27. The largest absolute Gasteiger partial charge is 0.377 e. The van der Waals surface area contributed by atoms with Crippen LogP contribution < -0.4 is 5.32 Å². The molecule has 0 saturated heterocycles. The highest BCUT2D eigenvalue weighted by Gasteiger charge is 2.17. The van der Waals surface area contributed by atoms with Gasteiger partial charge in [0.05, 0.1) is 12.7 Å². The maximum atomic E-state index is 5.94. The van der Waals surface area contributed by atoms with Crippen molar-refractivity contribution < 1.29 is 4.74 Å². The first-order valence-electron chi connectivity index (χ1n) is 8.23. The second kappa shape index (κ2) is 8.06. The maximum Gasteiger partial charge on any atom is 0.0594 e. The summed E-state index contributed by atoms with van der Waals surface area (Å²) in [6.45, 7) is 7.67. The summed E-state index contributed by atoms with van der Waals surface area (Å²) in [5.74, 6) is 1.59. The van der Waals surface area contributed by atoms with E-state index in [-0.39, 0.29) is 0 Å². The van der Waals surface area contributed by atoms with Crippen LogP contribution in [0.3, 0.4) is 0 Å². The SMILES string of the molecule is CC1=CC(C)CC(CNCCOC2CCCCC2)C1. The summed E-state index contributed by atoms with van der Waals surface area (Å²) in [6.07, 6.45) is 12.3. The zero-order valence-corrected chi connectivity index (χ0v) is 12.8. The molecule has 2 nitrogen and oxygen atoms in total. The molecule has 2 heteroatoms. The average Bonchev–Trinajstić information content (AvgIpc) is 2.38. The minimum atomic E-state index is 0.551. The quantitative estimate of drug-likeness (QED) is 0.580. The Morgan fingerprint density at radius 3 is 2.79 bits per heavy atom. The van der Waals surface area contributed by atoms with Gasteiger partial charge in [0.15, 0.2) is 0 Å². The van der Waals surface area contributed by atoms with E-state index in [1.54, 1.807) is 5.57 Å². The van der Waals surface area contributed by atoms with Crippen LogP contribution in [0.2, 0.25) is 0 Å². The minimum Gasteiger partial charge on any atom is -0.377 e. The second-order valence-corrected chi connectivity index (χ2v) is 6.63. The van der Waals surface area contributed by atoms with Gasteiger partial charge in [0.1, 0.15) is 0 Å². The van der Waals surface area contributed by atoms with Gasteiger partial charge in [0.25, 0.3) is 0 Å². The maximum absolute atomic E-state index is 5.94. The summed E-state index contributed by atoms with van der Waals surface area (Å²) >= 11 is 0. The van der Waals surface area contributed by atoms with E-state index in [1.165, 1.54) is 44.9 Å². The predicted octanol–water partition coefficient (Wildman–Crippen LogP) is 3.92. The van der Waals surface area contributed by atoms with Gasteiger partial charge in [-0.2, -0.15) is 0 Å². The van der Waals surface area contributed by atoms with E-state index in [2.05, 4.69) is 25.2 Å². The highest BCUT2D eigenvalue weighted by molar-refractivity contribution is 5.06. The first-order valence-corrected chi connectivity index (χ1v) is 8.23. The van der Waals surface area contributed by atoms with Crippen LogP contribution >= 0.6 is 0 Å². The lowest BCUT2D eigenvalue weighted by molar-refractivity contribution is 0.0300. The van der Waals surface area contributed by atoms with Crippen LogP contribution in [0.4, 0.5) is 0 Å². The molecule has 0 spiro atoms. The van der Waals surface area contributed by atoms with Crippen molar-refractivity contribution >= 4 is 0 Å². The Bertz CT molecular complexity index is 281. The van der Waals surface area contributed by atoms with Gasteiger partial charge < -0.3 is 10.1 Å². The molecule has 110 valence electrons. The van der Waals surface area contributed by atoms with Crippen molar-refractivity contribution in [2.24, 2.45) is 11.8 Å². The van der Waals surface area contributed by atoms with Gasteiger partial charge in [0, 0.05) is 6.54 Å². The predicted molar refractivity (Wildman–Crippen MR) is 81.3 cm³/mol. The minimum absolute atomic E-state index is 0.551. The Labute approximate surface area is 119 Å². The smallest absolute Gasteiger partial charge is 0.0594 e. The van der Waals surface area contributed by atoms with Crippen LogP contribution in [0, 0.1) is 11.8 Å². The lowest BCUT2D eigenvalue weighted by Crippen LogP contribution is -2.30. The third-order valence-corrected chi connectivity index (χ3v) is 4.50. The summed E-state index contributed by atoms with van der Waals surface area (Å²) in [5.41, 5.74) is 1.57. The van der Waals surface area contributed by atoms with Crippen molar-refractivity contribution in [2.45, 2.75) is 64.9 Å². The average molecular weight is 265 g/mol. The molecule has 2 atom stereocenters. The number of hydrogen-bond donors (Lipinski definition) is 1. The molecule has 0 heterocycles. The van der Waals surface area contributed by atoms with E-state index in [4.69, 9.17) is 4.74 Å². The van der Waals surface area contributed by atoms with Crippen LogP contribution in [0.15, 0.2) is 11.6 Å². The number of rotatable bonds is 6. The summed E-state index contributed by atoms with van der Waals surface area (Å²) in [7, 11) is 0. The molecule has 0 aromatic carbocycles. The van der Waals surface area contributed by atoms with Gasteiger partial charge in [-0.15, -0.1) is 0 Å². The first-order chi connectivity index (χ1) is 9.24. The van der Waals surface area contributed by atoms with Crippen molar-refractivity contribution in [3.8, 4) is 0 Å². The van der Waals surface area contributed by atoms with Gasteiger partial charge in [-0.25, -0.2) is 0 Å². The lowest BCUT2D eigenvalue weighted by atomic mass is 9.84. The Morgan fingerprint density at radius 2 is 2.05 bits per heavy atom. The highest BCUT2D eigenvalue weighted by atomic mass is 16.5. The molecule has 19 heavy (non-hydrogen) atoms. The topological polar surface area (TPSA) is 21.3 Å². The molecule has 1 N–H and O–H groups in total. The van der Waals surface area contributed by atoms with E-state index in [1.807, 2.05) is 0 Å². The fraction of sp³-hybridized carbons (Fsp3) is 0.882. The monoisotopic (exact) mass is 265 g/mol. The summed E-state index contributed by atoms with van der Waals surface area (Å²) in [5, 5.41) is 3.58. The number of nitrogens with one attached hydrogen (secondary N) is 1. The van der Waals surface area contributed by atoms with E-state index >= 15 is 0 Å². The molecular formula is C17H31NO. The van der Waals surface area contributed by atoms with Crippen molar-refractivity contribution in [2.75, 3.05) is 19.7 Å². The molecule has 0 amide bonds. The molecule has 0 aromatic rings. The molecule has 2 unspecified atom stereocenters. The standard InChI is InChI=1S/C17H31NO/c1-14-10-15(2)12-16(11-14)13-18-8-9-19-17-6-4-3-5-7-17/h10,14,16-18H,3-9,11-13H2,1-2H3. The van der Waals surface area contributed by atoms with Crippen LogP contribution in [0.1, 0.15) is 58.8 Å². The zero-order valence-electron chi connectivity index (χ0n) is 12.8. The molecule has 2 aliphatic carbocycles. The summed E-state index contributed by atoms with van der Waals surface area (Å²) < 4.78 is 5.94. The molecule has 1 saturated carbocycles. The molecule has 2 aliphatic rings. The fourth-order valence-electron chi connectivity index (χ4n) is 3.68. The van der Waals surface area contributed by atoms with Gasteiger partial charge in [-0.1, -0.05) is 37.8 Å². The van der Waals surface area contributed by atoms with Crippen LogP contribution in [0.5, 0.6) is 0 Å². The number of hydrogen-bond acceptors (Lipinski definition) is 2. The molecule has 0 bridgehead atoms.